The lowest BCUT2D eigenvalue weighted by atomic mass is 10.1. The number of hydrogen-bond acceptors (Lipinski definition) is 5. The van der Waals surface area contributed by atoms with Crippen molar-refractivity contribution in [2.75, 3.05) is 17.6 Å². The first-order chi connectivity index (χ1) is 10.0. The van der Waals surface area contributed by atoms with Crippen molar-refractivity contribution in [3.63, 3.8) is 0 Å². The molecule has 0 radical (unpaired) electrons. The summed E-state index contributed by atoms with van der Waals surface area (Å²) in [5.74, 6) is -0.675. The van der Waals surface area contributed by atoms with Gasteiger partial charge in [-0.1, -0.05) is 18.7 Å². The van der Waals surface area contributed by atoms with Crippen LogP contribution >= 0.6 is 11.8 Å². The van der Waals surface area contributed by atoms with Gasteiger partial charge in [0.05, 0.1) is 12.3 Å². The van der Waals surface area contributed by atoms with E-state index in [0.717, 1.165) is 16.7 Å². The van der Waals surface area contributed by atoms with Crippen molar-refractivity contribution in [3.8, 4) is 0 Å². The van der Waals surface area contributed by atoms with E-state index in [1.165, 1.54) is 0 Å². The van der Waals surface area contributed by atoms with Crippen LogP contribution < -0.4 is 5.32 Å². The van der Waals surface area contributed by atoms with E-state index in [1.54, 1.807) is 31.2 Å². The van der Waals surface area contributed by atoms with Gasteiger partial charge in [-0.05, 0) is 24.3 Å². The molecule has 21 heavy (non-hydrogen) atoms. The number of carbonyl (C=O) groups is 4. The van der Waals surface area contributed by atoms with Gasteiger partial charge in [0.25, 0.3) is 5.24 Å². The Bertz CT molecular complexity index is 581. The molecule has 6 nitrogen and oxygen atoms in total. The molecule has 1 saturated heterocycles. The summed E-state index contributed by atoms with van der Waals surface area (Å²) < 4.78 is 0. The van der Waals surface area contributed by atoms with E-state index in [0.29, 0.717) is 17.7 Å². The Labute approximate surface area is 125 Å². The number of imide groups is 1. The van der Waals surface area contributed by atoms with Crippen LogP contribution in [0.15, 0.2) is 24.3 Å². The van der Waals surface area contributed by atoms with Crippen LogP contribution in [0.3, 0.4) is 0 Å². The van der Waals surface area contributed by atoms with Crippen LogP contribution in [0.25, 0.3) is 0 Å². The van der Waals surface area contributed by atoms with Crippen LogP contribution in [-0.4, -0.2) is 40.0 Å². The highest BCUT2D eigenvalue weighted by atomic mass is 32.2. The highest BCUT2D eigenvalue weighted by Crippen LogP contribution is 2.19. The first kappa shape index (κ1) is 15.2. The number of hydrogen-bond donors (Lipinski definition) is 1. The molecule has 3 amide bonds. The molecule has 1 N–H and O–H groups in total. The Morgan fingerprint density at radius 1 is 1.24 bits per heavy atom. The topological polar surface area (TPSA) is 83.6 Å². The van der Waals surface area contributed by atoms with Crippen LogP contribution in [0.1, 0.15) is 23.7 Å². The first-order valence-corrected chi connectivity index (χ1v) is 7.40. The number of amides is 3. The molecule has 110 valence electrons. The quantitative estimate of drug-likeness (QED) is 0.840. The highest BCUT2D eigenvalue weighted by molar-refractivity contribution is 8.14. The van der Waals surface area contributed by atoms with Crippen LogP contribution in [-0.2, 0) is 9.59 Å². The van der Waals surface area contributed by atoms with Gasteiger partial charge in [-0.3, -0.25) is 24.1 Å². The minimum absolute atomic E-state index is 0.0914. The lowest BCUT2D eigenvalue weighted by Crippen LogP contribution is -2.33. The number of thioether (sulfide) groups is 1. The van der Waals surface area contributed by atoms with Crippen molar-refractivity contribution in [3.05, 3.63) is 29.8 Å². The maximum atomic E-state index is 12.0. The van der Waals surface area contributed by atoms with Crippen LogP contribution in [0.4, 0.5) is 10.5 Å². The Kier molecular flexibility index (Phi) is 4.74. The molecule has 7 heteroatoms. The maximum Gasteiger partial charge on any atom is 0.289 e. The molecule has 0 bridgehead atoms. The second-order valence-electron chi connectivity index (χ2n) is 4.44. The second-order valence-corrected chi connectivity index (χ2v) is 5.36. The predicted octanol–water partition coefficient (Wildman–Crippen LogP) is 1.91. The van der Waals surface area contributed by atoms with Crippen molar-refractivity contribution < 1.29 is 19.2 Å². The van der Waals surface area contributed by atoms with E-state index >= 15 is 0 Å². The lowest BCUT2D eigenvalue weighted by molar-refractivity contribution is -0.124. The molecular weight excluding hydrogens is 292 g/mol. The molecule has 1 aliphatic heterocycles. The third kappa shape index (κ3) is 3.69. The minimum Gasteiger partial charge on any atom is -0.326 e. The Morgan fingerprint density at radius 2 is 1.90 bits per heavy atom. The van der Waals surface area contributed by atoms with Gasteiger partial charge in [-0.2, -0.15) is 0 Å². The number of Topliss-reactive ketones (excluding diaryl/α,β-unsaturated/α-hetero) is 1. The number of ketones is 1. The standard InChI is InChI=1S/C14H14N2O4S/c1-2-12(18)15-10-5-3-9(4-6-10)11(17)7-16-13(19)8-21-14(16)20/h3-6H,2,7-8H2,1H3,(H,15,18). The summed E-state index contributed by atoms with van der Waals surface area (Å²) in [6.45, 7) is 1.50. The first-order valence-electron chi connectivity index (χ1n) is 6.41. The van der Waals surface area contributed by atoms with E-state index in [2.05, 4.69) is 5.32 Å². The van der Waals surface area contributed by atoms with Crippen LogP contribution in [0, 0.1) is 0 Å². The molecule has 1 fully saturated rings. The van der Waals surface area contributed by atoms with Crippen molar-refractivity contribution in [2.24, 2.45) is 0 Å². The molecule has 0 aromatic heterocycles. The summed E-state index contributed by atoms with van der Waals surface area (Å²) in [4.78, 5) is 47.1. The molecule has 0 saturated carbocycles. The number of rotatable bonds is 5. The smallest absolute Gasteiger partial charge is 0.289 e. The fourth-order valence-electron chi connectivity index (χ4n) is 1.76. The zero-order valence-corrected chi connectivity index (χ0v) is 12.2. The van der Waals surface area contributed by atoms with Gasteiger partial charge in [0.15, 0.2) is 5.78 Å². The van der Waals surface area contributed by atoms with Crippen molar-refractivity contribution in [1.82, 2.24) is 4.90 Å². The lowest BCUT2D eigenvalue weighted by Gasteiger charge is -2.11. The maximum absolute atomic E-state index is 12.0. The van der Waals surface area contributed by atoms with Crippen molar-refractivity contribution in [1.29, 1.82) is 0 Å². The van der Waals surface area contributed by atoms with Gasteiger partial charge in [0, 0.05) is 17.7 Å². The van der Waals surface area contributed by atoms with E-state index in [9.17, 15) is 19.2 Å². The molecule has 1 heterocycles. The summed E-state index contributed by atoms with van der Waals surface area (Å²) >= 11 is 0.900. The summed E-state index contributed by atoms with van der Waals surface area (Å²) in [5.41, 5.74) is 0.990. The largest absolute Gasteiger partial charge is 0.326 e. The Balaban J connectivity index is 2.01. The highest BCUT2D eigenvalue weighted by Gasteiger charge is 2.31. The Morgan fingerprint density at radius 3 is 2.43 bits per heavy atom. The van der Waals surface area contributed by atoms with Gasteiger partial charge in [-0.15, -0.1) is 0 Å². The minimum atomic E-state index is -0.389. The fraction of sp³-hybridized carbons (Fsp3) is 0.286. The zero-order valence-electron chi connectivity index (χ0n) is 11.4. The monoisotopic (exact) mass is 306 g/mol. The number of benzene rings is 1. The molecule has 0 unspecified atom stereocenters. The molecule has 2 rings (SSSR count). The Hall–Kier alpha value is -2.15. The van der Waals surface area contributed by atoms with E-state index < -0.39 is 0 Å². The van der Waals surface area contributed by atoms with Gasteiger partial charge in [0.2, 0.25) is 11.8 Å². The average molecular weight is 306 g/mol. The third-order valence-corrected chi connectivity index (χ3v) is 3.81. The summed E-state index contributed by atoms with van der Waals surface area (Å²) in [7, 11) is 0. The van der Waals surface area contributed by atoms with Crippen LogP contribution in [0.2, 0.25) is 0 Å². The van der Waals surface area contributed by atoms with Gasteiger partial charge < -0.3 is 5.32 Å². The average Bonchev–Trinajstić information content (AvgIpc) is 2.79. The van der Waals surface area contributed by atoms with Gasteiger partial charge in [0.1, 0.15) is 0 Å². The molecule has 1 aromatic carbocycles. The van der Waals surface area contributed by atoms with Crippen molar-refractivity contribution in [2.45, 2.75) is 13.3 Å². The van der Waals surface area contributed by atoms with Crippen LogP contribution in [0.5, 0.6) is 0 Å². The summed E-state index contributed by atoms with van der Waals surface area (Å²) in [6.07, 6.45) is 0.373. The molecule has 0 aliphatic carbocycles. The zero-order chi connectivity index (χ0) is 15.4. The summed E-state index contributed by atoms with van der Waals surface area (Å²) in [6, 6.07) is 6.35. The number of nitrogens with zero attached hydrogens (tertiary/aromatic N) is 1. The van der Waals surface area contributed by atoms with E-state index in [4.69, 9.17) is 0 Å². The normalized spacial score (nSPS) is 14.4. The van der Waals surface area contributed by atoms with E-state index in [-0.39, 0.29) is 35.1 Å². The molecule has 0 atom stereocenters. The second kappa shape index (κ2) is 6.53. The SMILES string of the molecule is CCC(=O)Nc1ccc(C(=O)CN2C(=O)CSC2=O)cc1. The molecule has 0 spiro atoms. The molecule has 1 aliphatic rings. The molecular formula is C14H14N2O4S. The van der Waals surface area contributed by atoms with Gasteiger partial charge >= 0.3 is 0 Å². The number of carbonyl (C=O) groups excluding carboxylic acids is 4. The van der Waals surface area contributed by atoms with E-state index in [1.807, 2.05) is 0 Å². The number of anilines is 1. The third-order valence-electron chi connectivity index (χ3n) is 2.95. The molecule has 1 aromatic rings. The fourth-order valence-corrected chi connectivity index (χ4v) is 2.48. The predicted molar refractivity (Wildman–Crippen MR) is 79.3 cm³/mol. The number of nitrogens with one attached hydrogen (secondary N) is 1. The summed E-state index contributed by atoms with van der Waals surface area (Å²) in [5, 5.41) is 2.28. The van der Waals surface area contributed by atoms with Crippen molar-refractivity contribution >= 4 is 40.3 Å². The van der Waals surface area contributed by atoms with Gasteiger partial charge in [-0.25, -0.2) is 0 Å².